The third kappa shape index (κ3) is 4.52. The highest BCUT2D eigenvalue weighted by atomic mass is 35.5. The number of halogens is 1. The van der Waals surface area contributed by atoms with E-state index in [-0.39, 0.29) is 17.0 Å². The van der Waals surface area contributed by atoms with Crippen molar-refractivity contribution in [1.29, 1.82) is 0 Å². The molecule has 9 nitrogen and oxygen atoms in total. The number of carboxylic acid groups (broad SMARTS) is 1. The largest absolute Gasteiger partial charge is 0.504 e. The number of hydrogen-bond acceptors (Lipinski definition) is 7. The highest BCUT2D eigenvalue weighted by molar-refractivity contribution is 6.31. The molecule has 1 aromatic heterocycles. The second-order valence-corrected chi connectivity index (χ2v) is 9.49. The van der Waals surface area contributed by atoms with Gasteiger partial charge in [-0.3, -0.25) is 10.1 Å². The number of carbonyl (C=O) groups is 2. The van der Waals surface area contributed by atoms with Crippen LogP contribution in [-0.2, 0) is 14.9 Å². The van der Waals surface area contributed by atoms with Crippen molar-refractivity contribution in [3.05, 3.63) is 83.0 Å². The molecule has 0 saturated heterocycles. The quantitative estimate of drug-likeness (QED) is 0.197. The van der Waals surface area contributed by atoms with Gasteiger partial charge in [-0.05, 0) is 49.1 Å². The molecule has 0 radical (unpaired) electrons. The van der Waals surface area contributed by atoms with Gasteiger partial charge in [-0.15, -0.1) is 0 Å². The molecule has 194 valence electrons. The summed E-state index contributed by atoms with van der Waals surface area (Å²) in [6, 6.07) is 16.9. The van der Waals surface area contributed by atoms with Gasteiger partial charge in [-0.2, -0.15) is 0 Å². The Labute approximate surface area is 222 Å². The first-order valence-electron chi connectivity index (χ1n) is 11.8. The summed E-state index contributed by atoms with van der Waals surface area (Å²) < 4.78 is 10.7. The summed E-state index contributed by atoms with van der Waals surface area (Å²) in [6.45, 7) is 1.68. The van der Waals surface area contributed by atoms with E-state index in [0.717, 1.165) is 0 Å². The van der Waals surface area contributed by atoms with Crippen LogP contribution in [-0.4, -0.2) is 32.5 Å². The van der Waals surface area contributed by atoms with Gasteiger partial charge in [0.15, 0.2) is 17.3 Å². The number of phenolic OH excluding ortho intramolecular Hbond substituents is 2. The van der Waals surface area contributed by atoms with Crippen molar-refractivity contribution >= 4 is 29.4 Å². The van der Waals surface area contributed by atoms with E-state index in [1.165, 1.54) is 12.3 Å². The summed E-state index contributed by atoms with van der Waals surface area (Å²) in [4.78, 5) is 24.1. The van der Waals surface area contributed by atoms with E-state index in [2.05, 4.69) is 10.5 Å². The normalized spacial score (nSPS) is 14.5. The van der Waals surface area contributed by atoms with Crippen molar-refractivity contribution in [2.45, 2.75) is 31.3 Å². The number of nitrogens with one attached hydrogen (secondary N) is 1. The maximum absolute atomic E-state index is 12.5. The van der Waals surface area contributed by atoms with Gasteiger partial charge >= 0.3 is 12.1 Å². The fourth-order valence-electron chi connectivity index (χ4n) is 4.41. The van der Waals surface area contributed by atoms with Crippen LogP contribution < -0.4 is 5.32 Å². The standard InChI is InChI=1S/C28H23ClN2O7/c1-15(18-4-2-3-5-21(18)29)37-27(36)31-22-14-30-38-25(22)20-11-10-19(23(32)24(20)33)16-6-8-17(9-7-16)28(12-13-28)26(34)35/h2-11,14-15,32-33H,12-13H2,1H3,(H,31,36)(H,34,35). The van der Waals surface area contributed by atoms with Gasteiger partial charge in [0.2, 0.25) is 0 Å². The monoisotopic (exact) mass is 534 g/mol. The van der Waals surface area contributed by atoms with E-state index >= 15 is 0 Å². The summed E-state index contributed by atoms with van der Waals surface area (Å²) in [5.74, 6) is -1.73. The van der Waals surface area contributed by atoms with Crippen LogP contribution in [0.1, 0.15) is 37.0 Å². The third-order valence-corrected chi connectivity index (χ3v) is 7.08. The smallest absolute Gasteiger partial charge is 0.412 e. The average molecular weight is 535 g/mol. The van der Waals surface area contributed by atoms with Crippen molar-refractivity contribution in [3.63, 3.8) is 0 Å². The molecule has 5 rings (SSSR count). The lowest BCUT2D eigenvalue weighted by Crippen LogP contribution is -2.19. The maximum atomic E-state index is 12.5. The Hall–Kier alpha value is -4.50. The second kappa shape index (κ2) is 9.75. The predicted molar refractivity (Wildman–Crippen MR) is 139 cm³/mol. The van der Waals surface area contributed by atoms with E-state index in [1.54, 1.807) is 61.5 Å². The molecular formula is C28H23ClN2O7. The fraction of sp³-hybridized carbons (Fsp3) is 0.179. The van der Waals surface area contributed by atoms with Gasteiger partial charge in [0.1, 0.15) is 11.8 Å². The maximum Gasteiger partial charge on any atom is 0.412 e. The number of carboxylic acids is 1. The minimum atomic E-state index is -0.853. The van der Waals surface area contributed by atoms with Crippen molar-refractivity contribution < 1.29 is 34.2 Å². The van der Waals surface area contributed by atoms with E-state index in [4.69, 9.17) is 20.9 Å². The van der Waals surface area contributed by atoms with Gasteiger partial charge in [0.05, 0.1) is 17.2 Å². The zero-order chi connectivity index (χ0) is 27.0. The SMILES string of the molecule is CC(OC(=O)Nc1cnoc1-c1ccc(-c2ccc(C3(C(=O)O)CC3)cc2)c(O)c1O)c1ccccc1Cl. The molecular weight excluding hydrogens is 512 g/mol. The Kier molecular flexibility index (Phi) is 6.46. The summed E-state index contributed by atoms with van der Waals surface area (Å²) in [5, 5.41) is 37.8. The van der Waals surface area contributed by atoms with Crippen LogP contribution in [0.2, 0.25) is 5.02 Å². The fourth-order valence-corrected chi connectivity index (χ4v) is 4.70. The molecule has 1 unspecified atom stereocenters. The molecule has 1 fully saturated rings. The van der Waals surface area contributed by atoms with Crippen LogP contribution in [0.5, 0.6) is 11.5 Å². The number of phenols is 2. The van der Waals surface area contributed by atoms with Gasteiger partial charge in [0, 0.05) is 16.1 Å². The molecule has 1 atom stereocenters. The number of anilines is 1. The lowest BCUT2D eigenvalue weighted by atomic mass is 9.93. The first-order valence-corrected chi connectivity index (χ1v) is 12.2. The molecule has 0 aliphatic heterocycles. The molecule has 4 aromatic rings. The zero-order valence-electron chi connectivity index (χ0n) is 20.1. The summed E-state index contributed by atoms with van der Waals surface area (Å²) in [7, 11) is 0. The van der Waals surface area contributed by atoms with E-state index in [9.17, 15) is 24.9 Å². The lowest BCUT2D eigenvalue weighted by molar-refractivity contribution is -0.140. The molecule has 1 saturated carbocycles. The van der Waals surface area contributed by atoms with Crippen molar-refractivity contribution in [3.8, 4) is 33.9 Å². The predicted octanol–water partition coefficient (Wildman–Crippen LogP) is 6.50. The number of hydrogen-bond donors (Lipinski definition) is 4. The molecule has 3 aromatic carbocycles. The van der Waals surface area contributed by atoms with Crippen molar-refractivity contribution in [2.75, 3.05) is 5.32 Å². The number of nitrogens with zero attached hydrogens (tertiary/aromatic N) is 1. The Bertz CT molecular complexity index is 1530. The molecule has 38 heavy (non-hydrogen) atoms. The Balaban J connectivity index is 1.35. The Morgan fingerprint density at radius 3 is 2.34 bits per heavy atom. The van der Waals surface area contributed by atoms with Crippen molar-refractivity contribution in [2.24, 2.45) is 0 Å². The van der Waals surface area contributed by atoms with E-state index in [0.29, 0.717) is 40.1 Å². The first-order chi connectivity index (χ1) is 18.2. The average Bonchev–Trinajstić information content (AvgIpc) is 3.60. The lowest BCUT2D eigenvalue weighted by Gasteiger charge is -2.15. The van der Waals surface area contributed by atoms with Crippen LogP contribution in [0.25, 0.3) is 22.5 Å². The van der Waals surface area contributed by atoms with Crippen LogP contribution in [0.4, 0.5) is 10.5 Å². The number of rotatable bonds is 7. The van der Waals surface area contributed by atoms with Crippen molar-refractivity contribution in [1.82, 2.24) is 5.16 Å². The zero-order valence-corrected chi connectivity index (χ0v) is 20.9. The van der Waals surface area contributed by atoms with E-state index in [1.807, 2.05) is 0 Å². The summed E-state index contributed by atoms with van der Waals surface area (Å²) >= 11 is 6.17. The number of amides is 1. The van der Waals surface area contributed by atoms with Crippen LogP contribution in [0.15, 0.2) is 71.4 Å². The molecule has 4 N–H and O–H groups in total. The van der Waals surface area contributed by atoms with Crippen LogP contribution in [0, 0.1) is 0 Å². The number of aromatic hydroxyl groups is 2. The highest BCUT2D eigenvalue weighted by Crippen LogP contribution is 2.49. The minimum absolute atomic E-state index is 0.0131. The molecule has 1 aliphatic carbocycles. The molecule has 1 heterocycles. The second-order valence-electron chi connectivity index (χ2n) is 9.09. The number of benzene rings is 3. The first kappa shape index (κ1) is 25.2. The van der Waals surface area contributed by atoms with Crippen LogP contribution >= 0.6 is 11.6 Å². The Morgan fingerprint density at radius 1 is 1.03 bits per heavy atom. The highest BCUT2D eigenvalue weighted by Gasteiger charge is 2.51. The van der Waals surface area contributed by atoms with Crippen LogP contribution in [0.3, 0.4) is 0 Å². The number of aliphatic carboxylic acids is 1. The molecule has 0 bridgehead atoms. The summed E-state index contributed by atoms with van der Waals surface area (Å²) in [5.41, 5.74) is 1.63. The number of carbonyl (C=O) groups excluding carboxylic acids is 1. The molecule has 1 aliphatic rings. The van der Waals surface area contributed by atoms with Gasteiger partial charge in [-0.25, -0.2) is 4.79 Å². The van der Waals surface area contributed by atoms with Gasteiger partial charge in [0.25, 0.3) is 0 Å². The van der Waals surface area contributed by atoms with Gasteiger partial charge in [-0.1, -0.05) is 59.2 Å². The molecule has 1 amide bonds. The van der Waals surface area contributed by atoms with E-state index < -0.39 is 35.1 Å². The minimum Gasteiger partial charge on any atom is -0.504 e. The number of ether oxygens (including phenoxy) is 1. The summed E-state index contributed by atoms with van der Waals surface area (Å²) in [6.07, 6.45) is 0.985. The topological polar surface area (TPSA) is 142 Å². The number of aromatic nitrogens is 1. The Morgan fingerprint density at radius 2 is 1.68 bits per heavy atom. The van der Waals surface area contributed by atoms with Gasteiger partial charge < -0.3 is 24.6 Å². The molecule has 10 heteroatoms. The molecule has 0 spiro atoms. The third-order valence-electron chi connectivity index (χ3n) is 6.74.